The van der Waals surface area contributed by atoms with E-state index in [2.05, 4.69) is 0 Å². The van der Waals surface area contributed by atoms with Crippen molar-refractivity contribution in [2.24, 2.45) is 0 Å². The zero-order valence-corrected chi connectivity index (χ0v) is 10.1. The van der Waals surface area contributed by atoms with E-state index in [1.165, 1.54) is 0 Å². The quantitative estimate of drug-likeness (QED) is 0.642. The first-order valence-corrected chi connectivity index (χ1v) is 5.16. The minimum atomic E-state index is -1.23. The number of phenolic OH excluding ortho intramolecular Hbond substituents is 1. The summed E-state index contributed by atoms with van der Waals surface area (Å²) in [6.45, 7) is 3.20. The highest BCUT2D eigenvalue weighted by Crippen LogP contribution is 2.31. The predicted octanol–water partition coefficient (Wildman–Crippen LogP) is 2.49. The Bertz CT molecular complexity index is 491. The molecule has 1 aromatic carbocycles. The summed E-state index contributed by atoms with van der Waals surface area (Å²) >= 11 is 5.89. The molecule has 0 bridgehead atoms. The number of aryl methyl sites for hydroxylation is 1. The molecule has 0 unspecified atom stereocenters. The van der Waals surface area contributed by atoms with Crippen molar-refractivity contribution in [2.45, 2.75) is 13.8 Å². The number of carboxylic acid groups (broad SMARTS) is 1. The van der Waals surface area contributed by atoms with E-state index in [9.17, 15) is 14.7 Å². The Morgan fingerprint density at radius 1 is 1.29 bits per heavy atom. The van der Waals surface area contributed by atoms with Gasteiger partial charge in [0.25, 0.3) is 0 Å². The first-order chi connectivity index (χ1) is 7.84. The van der Waals surface area contributed by atoms with E-state index in [0.717, 1.165) is 12.2 Å². The summed E-state index contributed by atoms with van der Waals surface area (Å²) in [6.07, 6.45) is 1.61. The van der Waals surface area contributed by atoms with Crippen LogP contribution in [0.25, 0.3) is 0 Å². The van der Waals surface area contributed by atoms with Crippen LogP contribution >= 0.6 is 11.6 Å². The van der Waals surface area contributed by atoms with Gasteiger partial charge in [-0.2, -0.15) is 0 Å². The maximum absolute atomic E-state index is 11.7. The largest absolute Gasteiger partial charge is 0.507 e. The molecule has 17 heavy (non-hydrogen) atoms. The Morgan fingerprint density at radius 2 is 1.88 bits per heavy atom. The van der Waals surface area contributed by atoms with Gasteiger partial charge in [-0.25, -0.2) is 4.79 Å². The monoisotopic (exact) mass is 254 g/mol. The van der Waals surface area contributed by atoms with Gasteiger partial charge < -0.3 is 10.2 Å². The molecule has 0 saturated carbocycles. The van der Waals surface area contributed by atoms with Crippen molar-refractivity contribution >= 4 is 23.4 Å². The lowest BCUT2D eigenvalue weighted by atomic mass is 10.00. The van der Waals surface area contributed by atoms with Crippen molar-refractivity contribution < 1.29 is 19.8 Å². The lowest BCUT2D eigenvalue weighted by Gasteiger charge is -2.09. The van der Waals surface area contributed by atoms with E-state index in [1.54, 1.807) is 19.9 Å². The molecule has 4 nitrogen and oxygen atoms in total. The van der Waals surface area contributed by atoms with Crippen LogP contribution in [0, 0.1) is 13.8 Å². The summed E-state index contributed by atoms with van der Waals surface area (Å²) in [7, 11) is 0. The summed E-state index contributed by atoms with van der Waals surface area (Å²) in [5.74, 6) is -1.99. The molecule has 1 rings (SSSR count). The van der Waals surface area contributed by atoms with Crippen LogP contribution in [0.15, 0.2) is 18.2 Å². The van der Waals surface area contributed by atoms with Crippen LogP contribution in [-0.2, 0) is 4.79 Å². The number of phenols is 1. The van der Waals surface area contributed by atoms with E-state index in [0.29, 0.717) is 16.1 Å². The zero-order valence-electron chi connectivity index (χ0n) is 9.32. The van der Waals surface area contributed by atoms with Crippen molar-refractivity contribution in [3.8, 4) is 5.75 Å². The number of ketones is 1. The van der Waals surface area contributed by atoms with Crippen molar-refractivity contribution in [1.82, 2.24) is 0 Å². The summed E-state index contributed by atoms with van der Waals surface area (Å²) in [5, 5.41) is 18.6. The van der Waals surface area contributed by atoms with Gasteiger partial charge in [-0.15, -0.1) is 0 Å². The fourth-order valence-electron chi connectivity index (χ4n) is 1.39. The molecule has 0 heterocycles. The molecule has 0 fully saturated rings. The topological polar surface area (TPSA) is 74.6 Å². The fourth-order valence-corrected chi connectivity index (χ4v) is 1.65. The van der Waals surface area contributed by atoms with Gasteiger partial charge in [0.2, 0.25) is 0 Å². The highest BCUT2D eigenvalue weighted by molar-refractivity contribution is 6.32. The summed E-state index contributed by atoms with van der Waals surface area (Å²) < 4.78 is 0. The minimum absolute atomic E-state index is 0.0347. The average Bonchev–Trinajstić information content (AvgIpc) is 2.24. The van der Waals surface area contributed by atoms with Crippen molar-refractivity contribution in [3.63, 3.8) is 0 Å². The van der Waals surface area contributed by atoms with Crippen molar-refractivity contribution in [1.29, 1.82) is 0 Å². The second-order valence-corrected chi connectivity index (χ2v) is 3.97. The number of benzene rings is 1. The summed E-state index contributed by atoms with van der Waals surface area (Å²) in [5.41, 5.74) is 0.926. The molecular weight excluding hydrogens is 244 g/mol. The van der Waals surface area contributed by atoms with Gasteiger partial charge in [0.05, 0.1) is 5.56 Å². The first-order valence-electron chi connectivity index (χ1n) is 4.78. The van der Waals surface area contributed by atoms with Crippen molar-refractivity contribution in [2.75, 3.05) is 0 Å². The lowest BCUT2D eigenvalue weighted by molar-refractivity contribution is -0.131. The Morgan fingerprint density at radius 3 is 2.41 bits per heavy atom. The van der Waals surface area contributed by atoms with Crippen LogP contribution in [0.5, 0.6) is 5.75 Å². The van der Waals surface area contributed by atoms with Crippen LogP contribution in [-0.4, -0.2) is 22.0 Å². The average molecular weight is 255 g/mol. The molecule has 1 aromatic rings. The highest BCUT2D eigenvalue weighted by Gasteiger charge is 2.16. The van der Waals surface area contributed by atoms with Gasteiger partial charge >= 0.3 is 5.97 Å². The van der Waals surface area contributed by atoms with Gasteiger partial charge in [-0.05, 0) is 37.1 Å². The number of carbonyl (C=O) groups excluding carboxylic acids is 1. The molecule has 0 aliphatic rings. The standard InChI is InChI=1S/C12H11ClO4/c1-6-5-8(13)7(2)11(12(6)17)9(14)3-4-10(15)16/h3-5,17H,1-2H3,(H,15,16)/b4-3+. The van der Waals surface area contributed by atoms with Gasteiger partial charge in [0.15, 0.2) is 5.78 Å². The Kier molecular flexibility index (Phi) is 3.91. The molecule has 0 radical (unpaired) electrons. The van der Waals surface area contributed by atoms with Crippen LogP contribution in [0.1, 0.15) is 21.5 Å². The highest BCUT2D eigenvalue weighted by atomic mass is 35.5. The number of hydrogen-bond acceptors (Lipinski definition) is 3. The van der Waals surface area contributed by atoms with Crippen LogP contribution in [0.4, 0.5) is 0 Å². The lowest BCUT2D eigenvalue weighted by Crippen LogP contribution is -2.02. The molecule has 0 amide bonds. The SMILES string of the molecule is Cc1cc(Cl)c(C)c(C(=O)/C=C/C(=O)O)c1O. The Labute approximate surface area is 103 Å². The number of hydrogen-bond donors (Lipinski definition) is 2. The van der Waals surface area contributed by atoms with Crippen molar-refractivity contribution in [3.05, 3.63) is 39.9 Å². The van der Waals surface area contributed by atoms with E-state index in [1.807, 2.05) is 0 Å². The molecular formula is C12H11ClO4. The number of halogens is 1. The minimum Gasteiger partial charge on any atom is -0.507 e. The second-order valence-electron chi connectivity index (χ2n) is 3.56. The number of rotatable bonds is 3. The predicted molar refractivity (Wildman–Crippen MR) is 63.7 cm³/mol. The third-order valence-corrected chi connectivity index (χ3v) is 2.70. The molecule has 0 spiro atoms. The molecule has 5 heteroatoms. The number of carbonyl (C=O) groups is 2. The van der Waals surface area contributed by atoms with Crippen LogP contribution in [0.2, 0.25) is 5.02 Å². The maximum atomic E-state index is 11.7. The Balaban J connectivity index is 3.31. The van der Waals surface area contributed by atoms with Gasteiger partial charge in [0.1, 0.15) is 5.75 Å². The number of carboxylic acids is 1. The normalized spacial score (nSPS) is 10.8. The maximum Gasteiger partial charge on any atom is 0.328 e. The molecule has 0 aliphatic carbocycles. The van der Waals surface area contributed by atoms with Crippen LogP contribution in [0.3, 0.4) is 0 Å². The second kappa shape index (κ2) is 5.01. The molecule has 2 N–H and O–H groups in total. The van der Waals surface area contributed by atoms with Gasteiger partial charge in [-0.3, -0.25) is 4.79 Å². The third-order valence-electron chi connectivity index (χ3n) is 2.31. The van der Waals surface area contributed by atoms with Gasteiger partial charge in [-0.1, -0.05) is 11.6 Å². The molecule has 0 aliphatic heterocycles. The number of allylic oxidation sites excluding steroid dienone is 1. The zero-order chi connectivity index (χ0) is 13.2. The summed E-state index contributed by atoms with van der Waals surface area (Å²) in [6, 6.07) is 1.55. The first kappa shape index (κ1) is 13.3. The fraction of sp³-hybridized carbons (Fsp3) is 0.167. The van der Waals surface area contributed by atoms with Crippen LogP contribution < -0.4 is 0 Å². The van der Waals surface area contributed by atoms with E-state index in [-0.39, 0.29) is 11.3 Å². The van der Waals surface area contributed by atoms with E-state index in [4.69, 9.17) is 16.7 Å². The molecule has 0 atom stereocenters. The van der Waals surface area contributed by atoms with Gasteiger partial charge in [0, 0.05) is 11.1 Å². The molecule has 90 valence electrons. The smallest absolute Gasteiger partial charge is 0.328 e. The van der Waals surface area contributed by atoms with E-state index >= 15 is 0 Å². The third kappa shape index (κ3) is 2.85. The summed E-state index contributed by atoms with van der Waals surface area (Å²) in [4.78, 5) is 22.0. The molecule has 0 saturated heterocycles. The van der Waals surface area contributed by atoms with E-state index < -0.39 is 11.8 Å². The molecule has 0 aromatic heterocycles. The Hall–Kier alpha value is -1.81. The number of aromatic hydroxyl groups is 1. The number of aliphatic carboxylic acids is 1.